The molecule has 0 atom stereocenters. The van der Waals surface area contributed by atoms with Gasteiger partial charge < -0.3 is 15.5 Å². The van der Waals surface area contributed by atoms with Gasteiger partial charge in [0.25, 0.3) is 0 Å². The predicted octanol–water partition coefficient (Wildman–Crippen LogP) is 1.49. The first-order valence-corrected chi connectivity index (χ1v) is 6.45. The van der Waals surface area contributed by atoms with Crippen molar-refractivity contribution in [3.8, 4) is 0 Å². The molecule has 18 heavy (non-hydrogen) atoms. The Morgan fingerprint density at radius 1 is 1.39 bits per heavy atom. The van der Waals surface area contributed by atoms with Crippen molar-refractivity contribution in [3.63, 3.8) is 0 Å². The largest absolute Gasteiger partial charge is 0.346 e. The lowest BCUT2D eigenvalue weighted by Gasteiger charge is -2.30. The van der Waals surface area contributed by atoms with Gasteiger partial charge in [-0.3, -0.25) is 4.79 Å². The van der Waals surface area contributed by atoms with Crippen molar-refractivity contribution < 1.29 is 4.79 Å². The van der Waals surface area contributed by atoms with Gasteiger partial charge in [-0.25, -0.2) is 0 Å². The molecule has 0 bridgehead atoms. The number of benzene rings is 1. The summed E-state index contributed by atoms with van der Waals surface area (Å²) in [6, 6.07) is 7.42. The maximum absolute atomic E-state index is 11.3. The summed E-state index contributed by atoms with van der Waals surface area (Å²) in [4.78, 5) is 13.4. The topological polar surface area (TPSA) is 44.4 Å². The molecule has 1 aromatic carbocycles. The molecule has 0 radical (unpaired) electrons. The molecule has 2 N–H and O–H groups in total. The van der Waals surface area contributed by atoms with Gasteiger partial charge in [-0.15, -0.1) is 0 Å². The van der Waals surface area contributed by atoms with Gasteiger partial charge in [-0.1, -0.05) is 12.1 Å². The molecule has 0 spiro atoms. The quantitative estimate of drug-likeness (QED) is 0.625. The van der Waals surface area contributed by atoms with Gasteiger partial charge in [0.15, 0.2) is 10.9 Å². The van der Waals surface area contributed by atoms with Crippen molar-refractivity contribution in [2.45, 2.75) is 6.92 Å². The first kappa shape index (κ1) is 13.0. The number of anilines is 1. The lowest BCUT2D eigenvalue weighted by atomic mass is 10.1. The van der Waals surface area contributed by atoms with E-state index in [1.54, 1.807) is 13.0 Å². The molecule has 1 aliphatic rings. The minimum atomic E-state index is 0.0618. The molecule has 1 fully saturated rings. The number of rotatable bonds is 2. The number of hydrogen-bond acceptors (Lipinski definition) is 3. The van der Waals surface area contributed by atoms with Gasteiger partial charge in [0.1, 0.15) is 0 Å². The highest BCUT2D eigenvalue weighted by Crippen LogP contribution is 2.12. The van der Waals surface area contributed by atoms with Crippen molar-refractivity contribution >= 4 is 28.8 Å². The van der Waals surface area contributed by atoms with E-state index in [1.807, 2.05) is 18.2 Å². The van der Waals surface area contributed by atoms with Crippen LogP contribution < -0.4 is 10.6 Å². The number of nitrogens with zero attached hydrogens (tertiary/aromatic N) is 1. The number of piperazine rings is 1. The summed E-state index contributed by atoms with van der Waals surface area (Å²) in [6.45, 7) is 5.30. The maximum atomic E-state index is 11.3. The maximum Gasteiger partial charge on any atom is 0.173 e. The third kappa shape index (κ3) is 3.27. The summed E-state index contributed by atoms with van der Waals surface area (Å²) in [5.74, 6) is 0.0618. The molecule has 1 saturated heterocycles. The molecule has 0 unspecified atom stereocenters. The molecule has 5 heteroatoms. The van der Waals surface area contributed by atoms with Crippen LogP contribution in [0.5, 0.6) is 0 Å². The van der Waals surface area contributed by atoms with Crippen LogP contribution in [0, 0.1) is 0 Å². The molecule has 4 nitrogen and oxygen atoms in total. The first-order valence-electron chi connectivity index (χ1n) is 6.04. The van der Waals surface area contributed by atoms with Gasteiger partial charge in [0, 0.05) is 37.4 Å². The highest BCUT2D eigenvalue weighted by Gasteiger charge is 2.13. The standard InChI is InChI=1S/C13H17N3OS/c1-10(17)11-3-2-4-12(9-11)15-13(18)16-7-5-14-6-8-16/h2-4,9,14H,5-8H2,1H3,(H,15,18). The van der Waals surface area contributed by atoms with Gasteiger partial charge in [-0.05, 0) is 31.3 Å². The average molecular weight is 263 g/mol. The Hall–Kier alpha value is -1.46. The van der Waals surface area contributed by atoms with E-state index in [2.05, 4.69) is 15.5 Å². The number of carbonyl (C=O) groups excluding carboxylic acids is 1. The number of hydrogen-bond donors (Lipinski definition) is 2. The molecule has 2 rings (SSSR count). The van der Waals surface area contributed by atoms with Crippen LogP contribution in [-0.2, 0) is 0 Å². The Morgan fingerprint density at radius 3 is 2.78 bits per heavy atom. The van der Waals surface area contributed by atoms with Crippen molar-refractivity contribution in [1.29, 1.82) is 0 Å². The van der Waals surface area contributed by atoms with Crippen LogP contribution in [0.25, 0.3) is 0 Å². The van der Waals surface area contributed by atoms with E-state index in [0.29, 0.717) is 5.56 Å². The molecule has 1 aliphatic heterocycles. The second kappa shape index (κ2) is 5.93. The van der Waals surface area contributed by atoms with Crippen LogP contribution in [0.2, 0.25) is 0 Å². The minimum Gasteiger partial charge on any atom is -0.346 e. The van der Waals surface area contributed by atoms with Crippen molar-refractivity contribution in [2.75, 3.05) is 31.5 Å². The normalized spacial score (nSPS) is 15.3. The average Bonchev–Trinajstić information content (AvgIpc) is 2.40. The zero-order valence-electron chi connectivity index (χ0n) is 10.4. The van der Waals surface area contributed by atoms with Crippen LogP contribution in [0.15, 0.2) is 24.3 Å². The van der Waals surface area contributed by atoms with E-state index in [1.165, 1.54) is 0 Å². The van der Waals surface area contributed by atoms with Crippen LogP contribution in [0.3, 0.4) is 0 Å². The molecule has 0 aromatic heterocycles. The van der Waals surface area contributed by atoms with E-state index in [4.69, 9.17) is 12.2 Å². The van der Waals surface area contributed by atoms with E-state index in [9.17, 15) is 4.79 Å². The smallest absolute Gasteiger partial charge is 0.173 e. The van der Waals surface area contributed by atoms with Crippen LogP contribution in [0.4, 0.5) is 5.69 Å². The number of Topliss-reactive ketones (excluding diaryl/α,β-unsaturated/α-hetero) is 1. The summed E-state index contributed by atoms with van der Waals surface area (Å²) in [6.07, 6.45) is 0. The monoisotopic (exact) mass is 263 g/mol. The van der Waals surface area contributed by atoms with E-state index < -0.39 is 0 Å². The second-order valence-corrected chi connectivity index (χ2v) is 4.69. The molecular formula is C13H17N3OS. The molecule has 96 valence electrons. The predicted molar refractivity (Wildman–Crippen MR) is 77.1 cm³/mol. The summed E-state index contributed by atoms with van der Waals surface area (Å²) >= 11 is 5.37. The lowest BCUT2D eigenvalue weighted by Crippen LogP contribution is -2.47. The van der Waals surface area contributed by atoms with Crippen molar-refractivity contribution in [1.82, 2.24) is 10.2 Å². The van der Waals surface area contributed by atoms with Crippen LogP contribution in [0.1, 0.15) is 17.3 Å². The Balaban J connectivity index is 2.02. The minimum absolute atomic E-state index is 0.0618. The van der Waals surface area contributed by atoms with Gasteiger partial charge in [-0.2, -0.15) is 0 Å². The Labute approximate surface area is 112 Å². The molecule has 1 aromatic rings. The van der Waals surface area contributed by atoms with Gasteiger partial charge in [0.05, 0.1) is 0 Å². The zero-order chi connectivity index (χ0) is 13.0. The summed E-state index contributed by atoms with van der Waals surface area (Å²) in [5, 5.41) is 7.19. The number of nitrogens with one attached hydrogen (secondary N) is 2. The van der Waals surface area contributed by atoms with E-state index >= 15 is 0 Å². The Bertz CT molecular complexity index is 455. The third-order valence-electron chi connectivity index (χ3n) is 2.92. The fraction of sp³-hybridized carbons (Fsp3) is 0.385. The zero-order valence-corrected chi connectivity index (χ0v) is 11.2. The summed E-state index contributed by atoms with van der Waals surface area (Å²) in [5.41, 5.74) is 1.56. The molecule has 0 saturated carbocycles. The highest BCUT2D eigenvalue weighted by atomic mass is 32.1. The number of carbonyl (C=O) groups is 1. The fourth-order valence-corrected chi connectivity index (χ4v) is 2.19. The summed E-state index contributed by atoms with van der Waals surface area (Å²) in [7, 11) is 0. The Morgan fingerprint density at radius 2 is 2.11 bits per heavy atom. The highest BCUT2D eigenvalue weighted by molar-refractivity contribution is 7.80. The van der Waals surface area contributed by atoms with Crippen LogP contribution in [-0.4, -0.2) is 42.0 Å². The summed E-state index contributed by atoms with van der Waals surface area (Å²) < 4.78 is 0. The number of ketones is 1. The molecular weight excluding hydrogens is 246 g/mol. The van der Waals surface area contributed by atoms with Gasteiger partial charge >= 0.3 is 0 Å². The first-order chi connectivity index (χ1) is 8.66. The second-order valence-electron chi connectivity index (χ2n) is 4.30. The van der Waals surface area contributed by atoms with Crippen molar-refractivity contribution in [2.24, 2.45) is 0 Å². The number of thiocarbonyl (C=S) groups is 1. The fourth-order valence-electron chi connectivity index (χ4n) is 1.89. The van der Waals surface area contributed by atoms with E-state index in [0.717, 1.165) is 37.0 Å². The van der Waals surface area contributed by atoms with E-state index in [-0.39, 0.29) is 5.78 Å². The van der Waals surface area contributed by atoms with Crippen molar-refractivity contribution in [3.05, 3.63) is 29.8 Å². The van der Waals surface area contributed by atoms with Gasteiger partial charge in [0.2, 0.25) is 0 Å². The molecule has 1 heterocycles. The molecule has 0 amide bonds. The van der Waals surface area contributed by atoms with Crippen LogP contribution >= 0.6 is 12.2 Å². The SMILES string of the molecule is CC(=O)c1cccc(NC(=S)N2CCNCC2)c1. The Kier molecular flexibility index (Phi) is 4.28. The lowest BCUT2D eigenvalue weighted by molar-refractivity contribution is 0.101. The third-order valence-corrected chi connectivity index (χ3v) is 3.28. The molecule has 0 aliphatic carbocycles.